The Morgan fingerprint density at radius 1 is 1.14 bits per heavy atom. The molecule has 5 nitrogen and oxygen atoms in total. The van der Waals surface area contributed by atoms with Crippen LogP contribution in [0, 0.1) is 17.1 Å². The van der Waals surface area contributed by atoms with Gasteiger partial charge in [-0.1, -0.05) is 11.8 Å². The lowest BCUT2D eigenvalue weighted by atomic mass is 10.1. The molecule has 0 unspecified atom stereocenters. The van der Waals surface area contributed by atoms with E-state index in [1.165, 1.54) is 23.9 Å². The molecule has 0 aliphatic rings. The summed E-state index contributed by atoms with van der Waals surface area (Å²) >= 11 is 3.19. The van der Waals surface area contributed by atoms with Gasteiger partial charge in [0.15, 0.2) is 5.82 Å². The van der Waals surface area contributed by atoms with E-state index >= 15 is 0 Å². The fourth-order valence-electron chi connectivity index (χ4n) is 2.38. The van der Waals surface area contributed by atoms with Crippen molar-refractivity contribution in [3.05, 3.63) is 60.2 Å². The molecule has 0 radical (unpaired) electrons. The van der Waals surface area contributed by atoms with E-state index in [4.69, 9.17) is 4.74 Å². The molecule has 0 atom stereocenters. The predicted octanol–water partition coefficient (Wildman–Crippen LogP) is 4.65. The van der Waals surface area contributed by atoms with E-state index in [1.54, 1.807) is 43.4 Å². The fraction of sp³-hybridized carbons (Fsp3) is 0.200. The van der Waals surface area contributed by atoms with Crippen LogP contribution in [0.2, 0.25) is 0 Å². The molecular weight excluding hydrogens is 395 g/mol. The van der Waals surface area contributed by atoms with Crippen molar-refractivity contribution in [2.24, 2.45) is 0 Å². The number of halogens is 1. The van der Waals surface area contributed by atoms with Crippen LogP contribution in [0.4, 0.5) is 4.39 Å². The van der Waals surface area contributed by atoms with Gasteiger partial charge in [-0.3, -0.25) is 4.98 Å². The van der Waals surface area contributed by atoms with Crippen LogP contribution in [-0.2, 0) is 4.74 Å². The van der Waals surface area contributed by atoms with Crippen molar-refractivity contribution in [2.75, 3.05) is 24.6 Å². The van der Waals surface area contributed by atoms with Gasteiger partial charge in [0, 0.05) is 41.5 Å². The second-order valence-electron chi connectivity index (χ2n) is 5.60. The molecule has 0 saturated heterocycles. The highest BCUT2D eigenvalue weighted by Crippen LogP contribution is 2.32. The first kappa shape index (κ1) is 20.3. The molecule has 0 saturated carbocycles. The van der Waals surface area contributed by atoms with Crippen LogP contribution >= 0.6 is 23.5 Å². The smallest absolute Gasteiger partial charge is 0.162 e. The third-order valence-corrected chi connectivity index (χ3v) is 5.90. The average molecular weight is 413 g/mol. The fourth-order valence-corrected chi connectivity index (χ4v) is 4.36. The van der Waals surface area contributed by atoms with Crippen LogP contribution in [0.3, 0.4) is 0 Å². The van der Waals surface area contributed by atoms with Gasteiger partial charge in [0.2, 0.25) is 0 Å². The number of benzene rings is 1. The first-order valence-corrected chi connectivity index (χ1v) is 10.5. The predicted molar refractivity (Wildman–Crippen MR) is 110 cm³/mol. The van der Waals surface area contributed by atoms with Crippen LogP contribution in [0.5, 0.6) is 0 Å². The summed E-state index contributed by atoms with van der Waals surface area (Å²) in [6.07, 6.45) is 3.35. The lowest BCUT2D eigenvalue weighted by molar-refractivity contribution is 0.219. The summed E-state index contributed by atoms with van der Waals surface area (Å²) in [6.45, 7) is 0.669. The Hall–Kier alpha value is -2.47. The minimum Gasteiger partial charge on any atom is -0.384 e. The zero-order valence-corrected chi connectivity index (χ0v) is 16.8. The normalized spacial score (nSPS) is 10.6. The van der Waals surface area contributed by atoms with Crippen LogP contribution in [0.25, 0.3) is 22.6 Å². The molecule has 2 heterocycles. The molecule has 0 fully saturated rings. The molecule has 0 aliphatic carbocycles. The molecule has 0 bridgehead atoms. The SMILES string of the molecule is COCCSCSc1nc(-c2cccnc2)nc(-c2ccc(F)cc2)c1C#N. The topological polar surface area (TPSA) is 71.7 Å². The summed E-state index contributed by atoms with van der Waals surface area (Å²) < 4.78 is 18.4. The van der Waals surface area contributed by atoms with E-state index in [2.05, 4.69) is 21.0 Å². The number of nitrogens with zero attached hydrogens (tertiary/aromatic N) is 4. The molecule has 0 amide bonds. The maximum atomic E-state index is 13.4. The van der Waals surface area contributed by atoms with E-state index in [9.17, 15) is 9.65 Å². The monoisotopic (exact) mass is 412 g/mol. The third-order valence-electron chi connectivity index (χ3n) is 3.74. The first-order chi connectivity index (χ1) is 13.7. The second kappa shape index (κ2) is 10.2. The summed E-state index contributed by atoms with van der Waals surface area (Å²) in [5.41, 5.74) is 2.29. The number of thioether (sulfide) groups is 2. The number of ether oxygens (including phenoxy) is 1. The van der Waals surface area contributed by atoms with Crippen molar-refractivity contribution in [1.82, 2.24) is 15.0 Å². The molecule has 2 aromatic heterocycles. The number of nitriles is 1. The highest BCUT2D eigenvalue weighted by Gasteiger charge is 2.17. The first-order valence-electron chi connectivity index (χ1n) is 8.41. The molecule has 0 N–H and O–H groups in total. The quantitative estimate of drug-likeness (QED) is 0.231. The average Bonchev–Trinajstić information content (AvgIpc) is 2.74. The van der Waals surface area contributed by atoms with Gasteiger partial charge < -0.3 is 4.74 Å². The minimum absolute atomic E-state index is 0.340. The van der Waals surface area contributed by atoms with Gasteiger partial charge in [-0.05, 0) is 36.4 Å². The van der Waals surface area contributed by atoms with E-state index in [-0.39, 0.29) is 5.82 Å². The highest BCUT2D eigenvalue weighted by atomic mass is 32.2. The summed E-state index contributed by atoms with van der Waals surface area (Å²) in [6, 6.07) is 11.8. The van der Waals surface area contributed by atoms with Gasteiger partial charge in [-0.2, -0.15) is 5.26 Å². The Balaban J connectivity index is 2.02. The maximum Gasteiger partial charge on any atom is 0.162 e. The maximum absolute atomic E-state index is 13.4. The van der Waals surface area contributed by atoms with Crippen molar-refractivity contribution in [3.8, 4) is 28.7 Å². The Bertz CT molecular complexity index is 962. The number of methoxy groups -OCH3 is 1. The summed E-state index contributed by atoms with van der Waals surface area (Å²) in [7, 11) is 1.67. The van der Waals surface area contributed by atoms with Crippen molar-refractivity contribution >= 4 is 23.5 Å². The van der Waals surface area contributed by atoms with Crippen molar-refractivity contribution in [2.45, 2.75) is 5.03 Å². The molecular formula is C20H17FN4OS2. The molecule has 28 heavy (non-hydrogen) atoms. The van der Waals surface area contributed by atoms with Crippen molar-refractivity contribution < 1.29 is 9.13 Å². The van der Waals surface area contributed by atoms with Crippen LogP contribution < -0.4 is 0 Å². The zero-order valence-electron chi connectivity index (χ0n) is 15.1. The Labute approximate surface area is 171 Å². The summed E-state index contributed by atoms with van der Waals surface area (Å²) in [4.78, 5) is 13.3. The Kier molecular flexibility index (Phi) is 7.37. The minimum atomic E-state index is -0.340. The van der Waals surface area contributed by atoms with Gasteiger partial charge in [-0.15, -0.1) is 11.8 Å². The summed E-state index contributed by atoms with van der Waals surface area (Å²) in [5, 5.41) is 11.1. The second-order valence-corrected chi connectivity index (χ2v) is 8.03. The largest absolute Gasteiger partial charge is 0.384 e. The Morgan fingerprint density at radius 3 is 2.64 bits per heavy atom. The number of hydrogen-bond acceptors (Lipinski definition) is 7. The van der Waals surface area contributed by atoms with Gasteiger partial charge >= 0.3 is 0 Å². The van der Waals surface area contributed by atoms with Gasteiger partial charge in [0.25, 0.3) is 0 Å². The third kappa shape index (κ3) is 5.07. The Morgan fingerprint density at radius 2 is 1.96 bits per heavy atom. The molecule has 8 heteroatoms. The zero-order chi connectivity index (χ0) is 19.8. The van der Waals surface area contributed by atoms with E-state index in [1.807, 2.05) is 12.1 Å². The van der Waals surface area contributed by atoms with Crippen molar-refractivity contribution in [3.63, 3.8) is 0 Å². The van der Waals surface area contributed by atoms with Gasteiger partial charge in [0.1, 0.15) is 22.5 Å². The number of aromatic nitrogens is 3. The lowest BCUT2D eigenvalue weighted by Crippen LogP contribution is -2.01. The lowest BCUT2D eigenvalue weighted by Gasteiger charge is -2.11. The molecule has 1 aromatic carbocycles. The van der Waals surface area contributed by atoms with Crippen LogP contribution in [0.1, 0.15) is 5.56 Å². The van der Waals surface area contributed by atoms with E-state index in [0.29, 0.717) is 34.3 Å². The van der Waals surface area contributed by atoms with E-state index < -0.39 is 0 Å². The van der Waals surface area contributed by atoms with E-state index in [0.717, 1.165) is 16.4 Å². The van der Waals surface area contributed by atoms with Gasteiger partial charge in [-0.25, -0.2) is 14.4 Å². The molecule has 3 rings (SSSR count). The summed E-state index contributed by atoms with van der Waals surface area (Å²) in [5.74, 6) is 1.00. The molecule has 142 valence electrons. The standard InChI is InChI=1S/C20H17FN4OS2/c1-26-9-10-27-13-28-20-17(11-22)18(14-4-6-16(21)7-5-14)24-19(25-20)15-3-2-8-23-12-15/h2-8,12H,9-10,13H2,1H3. The van der Waals surface area contributed by atoms with Crippen LogP contribution in [-0.4, -0.2) is 39.5 Å². The number of pyridine rings is 1. The molecule has 0 spiro atoms. The van der Waals surface area contributed by atoms with Crippen LogP contribution in [0.15, 0.2) is 53.8 Å². The highest BCUT2D eigenvalue weighted by molar-refractivity contribution is 8.16. The van der Waals surface area contributed by atoms with Gasteiger partial charge in [0.05, 0.1) is 12.3 Å². The molecule has 0 aliphatic heterocycles. The molecule has 3 aromatic rings. The number of hydrogen-bond donors (Lipinski definition) is 0. The number of rotatable bonds is 8. The van der Waals surface area contributed by atoms with Crippen molar-refractivity contribution in [1.29, 1.82) is 5.26 Å².